The molecule has 0 aromatic rings. The lowest BCUT2D eigenvalue weighted by molar-refractivity contribution is -0.129. The largest absolute Gasteiger partial charge is 0.352 e. The molecule has 2 rings (SSSR count). The molecule has 0 heterocycles. The molecule has 20 heavy (non-hydrogen) atoms. The first-order chi connectivity index (χ1) is 9.54. The minimum Gasteiger partial charge on any atom is -0.352 e. The highest BCUT2D eigenvalue weighted by Crippen LogP contribution is 2.30. The molecule has 0 aliphatic heterocycles. The molecule has 4 nitrogen and oxygen atoms in total. The van der Waals surface area contributed by atoms with Crippen molar-refractivity contribution in [3.8, 4) is 0 Å². The van der Waals surface area contributed by atoms with Gasteiger partial charge in [0.25, 0.3) is 0 Å². The van der Waals surface area contributed by atoms with Crippen LogP contribution in [0.15, 0.2) is 0 Å². The van der Waals surface area contributed by atoms with Crippen LogP contribution in [0.1, 0.15) is 65.2 Å². The van der Waals surface area contributed by atoms with E-state index in [4.69, 9.17) is 0 Å². The zero-order valence-electron chi connectivity index (χ0n) is 12.8. The highest BCUT2D eigenvalue weighted by atomic mass is 16.2. The first-order valence-electron chi connectivity index (χ1n) is 8.12. The lowest BCUT2D eigenvalue weighted by Crippen LogP contribution is -2.50. The Morgan fingerprint density at radius 3 is 2.25 bits per heavy atom. The van der Waals surface area contributed by atoms with Crippen LogP contribution in [0.5, 0.6) is 0 Å². The van der Waals surface area contributed by atoms with Crippen molar-refractivity contribution in [1.82, 2.24) is 10.6 Å². The summed E-state index contributed by atoms with van der Waals surface area (Å²) in [4.78, 5) is 23.7. The fourth-order valence-electron chi connectivity index (χ4n) is 3.24. The SMILES string of the molecule is CC(=O)N[C@H](CC1CCC1)C(=O)NC1CCC(C)CC1. The van der Waals surface area contributed by atoms with Crippen molar-refractivity contribution in [2.24, 2.45) is 11.8 Å². The van der Waals surface area contributed by atoms with E-state index in [1.54, 1.807) is 0 Å². The lowest BCUT2D eigenvalue weighted by atomic mass is 9.80. The summed E-state index contributed by atoms with van der Waals surface area (Å²) < 4.78 is 0. The number of hydrogen-bond acceptors (Lipinski definition) is 2. The topological polar surface area (TPSA) is 58.2 Å². The Bertz CT molecular complexity index is 344. The van der Waals surface area contributed by atoms with Crippen LogP contribution in [-0.4, -0.2) is 23.9 Å². The van der Waals surface area contributed by atoms with Crippen molar-refractivity contribution in [2.45, 2.75) is 77.3 Å². The maximum Gasteiger partial charge on any atom is 0.242 e. The van der Waals surface area contributed by atoms with Gasteiger partial charge in [-0.05, 0) is 43.9 Å². The van der Waals surface area contributed by atoms with Crippen molar-refractivity contribution in [3.05, 3.63) is 0 Å². The third-order valence-electron chi connectivity index (χ3n) is 4.85. The first kappa shape index (κ1) is 15.3. The molecule has 4 heteroatoms. The standard InChI is InChI=1S/C16H28N2O2/c1-11-6-8-14(9-7-11)18-16(20)15(17-12(2)19)10-13-4-3-5-13/h11,13-15H,3-10H2,1-2H3,(H,17,19)(H,18,20)/t11?,14?,15-/m1/s1. The number of hydrogen-bond donors (Lipinski definition) is 2. The Kier molecular flexibility index (Phi) is 5.44. The number of rotatable bonds is 5. The third kappa shape index (κ3) is 4.50. The van der Waals surface area contributed by atoms with Crippen LogP contribution in [0.3, 0.4) is 0 Å². The van der Waals surface area contributed by atoms with Crippen LogP contribution in [0.2, 0.25) is 0 Å². The molecular weight excluding hydrogens is 252 g/mol. The van der Waals surface area contributed by atoms with E-state index in [0.29, 0.717) is 12.0 Å². The van der Waals surface area contributed by atoms with Crippen molar-refractivity contribution in [1.29, 1.82) is 0 Å². The second-order valence-corrected chi connectivity index (χ2v) is 6.75. The van der Waals surface area contributed by atoms with Gasteiger partial charge in [0, 0.05) is 13.0 Å². The average Bonchev–Trinajstić information content (AvgIpc) is 2.34. The molecule has 0 bridgehead atoms. The predicted molar refractivity (Wildman–Crippen MR) is 79.1 cm³/mol. The summed E-state index contributed by atoms with van der Waals surface area (Å²) in [6.45, 7) is 3.76. The molecule has 0 aromatic heterocycles. The monoisotopic (exact) mass is 280 g/mol. The van der Waals surface area contributed by atoms with Gasteiger partial charge in [-0.1, -0.05) is 26.2 Å². The van der Waals surface area contributed by atoms with Gasteiger partial charge >= 0.3 is 0 Å². The van der Waals surface area contributed by atoms with Crippen molar-refractivity contribution in [3.63, 3.8) is 0 Å². The van der Waals surface area contributed by atoms with Gasteiger partial charge in [-0.3, -0.25) is 9.59 Å². The number of amides is 2. The van der Waals surface area contributed by atoms with E-state index in [1.807, 2.05) is 0 Å². The van der Waals surface area contributed by atoms with E-state index in [0.717, 1.165) is 25.2 Å². The zero-order chi connectivity index (χ0) is 14.5. The highest BCUT2D eigenvalue weighted by molar-refractivity contribution is 5.87. The summed E-state index contributed by atoms with van der Waals surface area (Å²) in [6, 6.07) is -0.0338. The van der Waals surface area contributed by atoms with Gasteiger partial charge in [-0.2, -0.15) is 0 Å². The Morgan fingerprint density at radius 1 is 1.10 bits per heavy atom. The Balaban J connectivity index is 1.82. The lowest BCUT2D eigenvalue weighted by Gasteiger charge is -2.32. The van der Waals surface area contributed by atoms with E-state index in [9.17, 15) is 9.59 Å². The first-order valence-corrected chi connectivity index (χ1v) is 8.12. The highest BCUT2D eigenvalue weighted by Gasteiger charge is 2.29. The molecule has 2 aliphatic rings. The minimum atomic E-state index is -0.336. The molecule has 2 aliphatic carbocycles. The van der Waals surface area contributed by atoms with E-state index in [-0.39, 0.29) is 17.9 Å². The van der Waals surface area contributed by atoms with Gasteiger partial charge < -0.3 is 10.6 Å². The van der Waals surface area contributed by atoms with Crippen molar-refractivity contribution >= 4 is 11.8 Å². The number of carbonyl (C=O) groups is 2. The van der Waals surface area contributed by atoms with Gasteiger partial charge in [0.05, 0.1) is 0 Å². The van der Waals surface area contributed by atoms with Crippen LogP contribution in [0.4, 0.5) is 0 Å². The molecule has 1 atom stereocenters. The molecule has 0 saturated heterocycles. The summed E-state index contributed by atoms with van der Waals surface area (Å²) in [5, 5.41) is 5.97. The van der Waals surface area contributed by atoms with E-state index >= 15 is 0 Å². The fraction of sp³-hybridized carbons (Fsp3) is 0.875. The van der Waals surface area contributed by atoms with E-state index < -0.39 is 0 Å². The molecule has 2 N–H and O–H groups in total. The van der Waals surface area contributed by atoms with Crippen LogP contribution >= 0.6 is 0 Å². The van der Waals surface area contributed by atoms with Crippen LogP contribution < -0.4 is 10.6 Å². The van der Waals surface area contributed by atoms with E-state index in [2.05, 4.69) is 17.6 Å². The normalized spacial score (nSPS) is 28.3. The fourth-order valence-corrected chi connectivity index (χ4v) is 3.24. The van der Waals surface area contributed by atoms with Crippen LogP contribution in [-0.2, 0) is 9.59 Å². The molecule has 2 amide bonds. The summed E-state index contributed by atoms with van der Waals surface area (Å²) in [6.07, 6.45) is 8.99. The molecule has 2 fully saturated rings. The maximum absolute atomic E-state index is 12.4. The minimum absolute atomic E-state index is 0.0200. The molecule has 114 valence electrons. The van der Waals surface area contributed by atoms with Gasteiger partial charge in [0.15, 0.2) is 0 Å². The summed E-state index contributed by atoms with van der Waals surface area (Å²) in [7, 11) is 0. The number of nitrogens with one attached hydrogen (secondary N) is 2. The molecule has 0 spiro atoms. The predicted octanol–water partition coefficient (Wildman–Crippen LogP) is 2.38. The molecule has 0 aromatic carbocycles. The molecule has 0 unspecified atom stereocenters. The van der Waals surface area contributed by atoms with Gasteiger partial charge in [0.1, 0.15) is 6.04 Å². The van der Waals surface area contributed by atoms with E-state index in [1.165, 1.54) is 39.0 Å². The molecular formula is C16H28N2O2. The Hall–Kier alpha value is -1.06. The van der Waals surface area contributed by atoms with Crippen molar-refractivity contribution < 1.29 is 9.59 Å². The summed E-state index contributed by atoms with van der Waals surface area (Å²) in [5.41, 5.74) is 0. The quantitative estimate of drug-likeness (QED) is 0.812. The van der Waals surface area contributed by atoms with Gasteiger partial charge in [0.2, 0.25) is 11.8 Å². The smallest absolute Gasteiger partial charge is 0.242 e. The second kappa shape index (κ2) is 7.09. The molecule has 2 saturated carbocycles. The number of carbonyl (C=O) groups excluding carboxylic acids is 2. The average molecular weight is 280 g/mol. The third-order valence-corrected chi connectivity index (χ3v) is 4.85. The Morgan fingerprint density at radius 2 is 1.75 bits per heavy atom. The maximum atomic E-state index is 12.4. The molecule has 0 radical (unpaired) electrons. The summed E-state index contributed by atoms with van der Waals surface area (Å²) in [5.74, 6) is 1.31. The van der Waals surface area contributed by atoms with Gasteiger partial charge in [-0.15, -0.1) is 0 Å². The second-order valence-electron chi connectivity index (χ2n) is 6.75. The van der Waals surface area contributed by atoms with Crippen LogP contribution in [0, 0.1) is 11.8 Å². The zero-order valence-corrected chi connectivity index (χ0v) is 12.8. The summed E-state index contributed by atoms with van der Waals surface area (Å²) >= 11 is 0. The Labute approximate surface area is 122 Å². The van der Waals surface area contributed by atoms with Gasteiger partial charge in [-0.25, -0.2) is 0 Å². The van der Waals surface area contributed by atoms with Crippen molar-refractivity contribution in [2.75, 3.05) is 0 Å². The van der Waals surface area contributed by atoms with Crippen LogP contribution in [0.25, 0.3) is 0 Å².